The molecule has 2 aromatic rings. The summed E-state index contributed by atoms with van der Waals surface area (Å²) in [5.41, 5.74) is 4.76. The molecule has 0 radical (unpaired) electrons. The van der Waals surface area contributed by atoms with Crippen molar-refractivity contribution in [2.45, 2.75) is 32.2 Å². The van der Waals surface area contributed by atoms with Gasteiger partial charge >= 0.3 is 12.1 Å². The monoisotopic (exact) mass is 379 g/mol. The third-order valence-electron chi connectivity index (χ3n) is 6.19. The molecule has 1 saturated heterocycles. The summed E-state index contributed by atoms with van der Waals surface area (Å²) in [6.45, 7) is 4.47. The number of aliphatic carboxylic acids is 1. The number of likely N-dealkylation sites (tertiary alicyclic amines) is 1. The number of nitrogens with zero attached hydrogens (tertiary/aromatic N) is 1. The molecule has 0 unspecified atom stereocenters. The Morgan fingerprint density at radius 1 is 1.04 bits per heavy atom. The number of hydrogen-bond donors (Lipinski definition) is 1. The Bertz CT molecular complexity index is 863. The number of amides is 1. The molecule has 4 rings (SSSR count). The number of carbonyl (C=O) groups is 2. The first-order chi connectivity index (χ1) is 13.5. The van der Waals surface area contributed by atoms with Crippen LogP contribution < -0.4 is 0 Å². The van der Waals surface area contributed by atoms with Crippen molar-refractivity contribution < 1.29 is 19.4 Å². The number of carboxylic acids is 1. The normalized spacial score (nSPS) is 23.8. The van der Waals surface area contributed by atoms with Gasteiger partial charge in [-0.3, -0.25) is 4.79 Å². The van der Waals surface area contributed by atoms with E-state index in [0.29, 0.717) is 13.0 Å². The lowest BCUT2D eigenvalue weighted by atomic mass is 9.83. The molecule has 0 saturated carbocycles. The van der Waals surface area contributed by atoms with E-state index in [1.807, 2.05) is 38.1 Å². The van der Waals surface area contributed by atoms with Crippen LogP contribution in [0.2, 0.25) is 0 Å². The summed E-state index contributed by atoms with van der Waals surface area (Å²) in [7, 11) is 0. The highest BCUT2D eigenvalue weighted by Gasteiger charge is 2.38. The lowest BCUT2D eigenvalue weighted by molar-refractivity contribution is -0.146. The van der Waals surface area contributed by atoms with E-state index in [0.717, 1.165) is 0 Å². The molecule has 2 aromatic carbocycles. The topological polar surface area (TPSA) is 66.8 Å². The van der Waals surface area contributed by atoms with Gasteiger partial charge in [-0.25, -0.2) is 4.79 Å². The molecule has 0 aromatic heterocycles. The lowest BCUT2D eigenvalue weighted by Gasteiger charge is -2.39. The summed E-state index contributed by atoms with van der Waals surface area (Å²) in [5.74, 6) is -1.26. The van der Waals surface area contributed by atoms with E-state index in [4.69, 9.17) is 4.74 Å². The quantitative estimate of drug-likeness (QED) is 0.860. The number of carbonyl (C=O) groups excluding carboxylic acids is 1. The van der Waals surface area contributed by atoms with Crippen molar-refractivity contribution in [1.29, 1.82) is 0 Å². The molecule has 1 aliphatic heterocycles. The maximum absolute atomic E-state index is 12.8. The highest BCUT2D eigenvalue weighted by Crippen LogP contribution is 2.44. The summed E-state index contributed by atoms with van der Waals surface area (Å²) < 4.78 is 5.73. The Hall–Kier alpha value is -2.82. The molecule has 1 N–H and O–H groups in total. The van der Waals surface area contributed by atoms with Crippen LogP contribution in [0.4, 0.5) is 4.79 Å². The Balaban J connectivity index is 1.48. The molecule has 1 aliphatic carbocycles. The second kappa shape index (κ2) is 7.30. The number of rotatable bonds is 3. The van der Waals surface area contributed by atoms with Crippen LogP contribution in [0.5, 0.6) is 0 Å². The van der Waals surface area contributed by atoms with Crippen molar-refractivity contribution >= 4 is 12.1 Å². The van der Waals surface area contributed by atoms with Crippen LogP contribution in [0.3, 0.4) is 0 Å². The van der Waals surface area contributed by atoms with Crippen LogP contribution >= 0.6 is 0 Å². The smallest absolute Gasteiger partial charge is 0.410 e. The summed E-state index contributed by atoms with van der Waals surface area (Å²) in [4.78, 5) is 25.8. The number of benzene rings is 2. The Kier molecular flexibility index (Phi) is 4.84. The van der Waals surface area contributed by atoms with Gasteiger partial charge in [0.2, 0.25) is 0 Å². The molecule has 1 amide bonds. The lowest BCUT2D eigenvalue weighted by Crippen LogP contribution is -2.50. The zero-order valence-electron chi connectivity index (χ0n) is 16.2. The summed E-state index contributed by atoms with van der Waals surface area (Å²) in [5, 5.41) is 9.35. The van der Waals surface area contributed by atoms with E-state index in [-0.39, 0.29) is 30.6 Å². The fourth-order valence-corrected chi connectivity index (χ4v) is 4.62. The van der Waals surface area contributed by atoms with Gasteiger partial charge in [0.25, 0.3) is 0 Å². The molecular formula is C23H25NO4. The number of piperidine rings is 1. The van der Waals surface area contributed by atoms with E-state index in [1.54, 1.807) is 4.90 Å². The summed E-state index contributed by atoms with van der Waals surface area (Å²) >= 11 is 0. The van der Waals surface area contributed by atoms with Gasteiger partial charge in [0.15, 0.2) is 0 Å². The standard InChI is InChI=1S/C23H25NO4/c1-14-12-24(15(2)11-20(14)22(25)26)23(27)28-13-21-18-9-5-3-7-16(18)17-8-4-6-10-19(17)21/h3-10,14-15,20-21H,11-13H2,1-2H3,(H,25,26)/t14-,15-,20+/m0/s1. The van der Waals surface area contributed by atoms with Crippen LogP contribution in [0, 0.1) is 11.8 Å². The summed E-state index contributed by atoms with van der Waals surface area (Å²) in [6, 6.07) is 16.3. The second-order valence-corrected chi connectivity index (χ2v) is 7.96. The molecule has 1 fully saturated rings. The van der Waals surface area contributed by atoms with Crippen LogP contribution in [-0.4, -0.2) is 41.3 Å². The minimum absolute atomic E-state index is 0.0284. The molecule has 5 nitrogen and oxygen atoms in total. The molecule has 5 heteroatoms. The zero-order chi connectivity index (χ0) is 19.8. The molecule has 146 valence electrons. The predicted octanol–water partition coefficient (Wildman–Crippen LogP) is 4.37. The highest BCUT2D eigenvalue weighted by molar-refractivity contribution is 5.79. The predicted molar refractivity (Wildman–Crippen MR) is 106 cm³/mol. The van der Waals surface area contributed by atoms with E-state index in [2.05, 4.69) is 24.3 Å². The first-order valence-corrected chi connectivity index (χ1v) is 9.81. The zero-order valence-corrected chi connectivity index (χ0v) is 16.2. The van der Waals surface area contributed by atoms with Crippen molar-refractivity contribution in [3.05, 3.63) is 59.7 Å². The average molecular weight is 379 g/mol. The Morgan fingerprint density at radius 3 is 2.18 bits per heavy atom. The summed E-state index contributed by atoms with van der Waals surface area (Å²) in [6.07, 6.45) is 0.103. The molecular weight excluding hydrogens is 354 g/mol. The van der Waals surface area contributed by atoms with Crippen molar-refractivity contribution in [1.82, 2.24) is 4.90 Å². The minimum atomic E-state index is -0.786. The van der Waals surface area contributed by atoms with E-state index < -0.39 is 11.9 Å². The fraction of sp³-hybridized carbons (Fsp3) is 0.391. The minimum Gasteiger partial charge on any atom is -0.481 e. The van der Waals surface area contributed by atoms with Crippen LogP contribution in [0.1, 0.15) is 37.3 Å². The van der Waals surface area contributed by atoms with Gasteiger partial charge in [-0.05, 0) is 41.5 Å². The van der Waals surface area contributed by atoms with E-state index >= 15 is 0 Å². The van der Waals surface area contributed by atoms with Crippen LogP contribution in [0.15, 0.2) is 48.5 Å². The number of hydrogen-bond acceptors (Lipinski definition) is 3. The highest BCUT2D eigenvalue weighted by atomic mass is 16.6. The van der Waals surface area contributed by atoms with Crippen molar-refractivity contribution in [3.63, 3.8) is 0 Å². The van der Waals surface area contributed by atoms with Gasteiger partial charge in [-0.15, -0.1) is 0 Å². The largest absolute Gasteiger partial charge is 0.481 e. The first-order valence-electron chi connectivity index (χ1n) is 9.81. The van der Waals surface area contributed by atoms with E-state index in [9.17, 15) is 14.7 Å². The average Bonchev–Trinajstić information content (AvgIpc) is 3.01. The van der Waals surface area contributed by atoms with Gasteiger partial charge in [-0.1, -0.05) is 55.5 Å². The molecule has 2 aliphatic rings. The second-order valence-electron chi connectivity index (χ2n) is 7.96. The van der Waals surface area contributed by atoms with Crippen molar-refractivity contribution in [2.24, 2.45) is 11.8 Å². The third kappa shape index (κ3) is 3.15. The number of fused-ring (bicyclic) bond motifs is 3. The van der Waals surface area contributed by atoms with Gasteiger partial charge in [0.1, 0.15) is 6.61 Å². The third-order valence-corrected chi connectivity index (χ3v) is 6.19. The van der Waals surface area contributed by atoms with Crippen molar-refractivity contribution in [3.8, 4) is 11.1 Å². The van der Waals surface area contributed by atoms with Gasteiger partial charge in [-0.2, -0.15) is 0 Å². The SMILES string of the molecule is C[C@H]1CN(C(=O)OCC2c3ccccc3-c3ccccc32)[C@@H](C)C[C@H]1C(=O)O. The van der Waals surface area contributed by atoms with E-state index in [1.165, 1.54) is 22.3 Å². The molecule has 0 spiro atoms. The van der Waals surface area contributed by atoms with Gasteiger partial charge < -0.3 is 14.7 Å². The fourth-order valence-electron chi connectivity index (χ4n) is 4.62. The number of ether oxygens (including phenoxy) is 1. The Labute approximate surface area is 164 Å². The maximum Gasteiger partial charge on any atom is 0.410 e. The molecule has 1 heterocycles. The maximum atomic E-state index is 12.8. The number of carboxylic acid groups (broad SMARTS) is 1. The molecule has 3 atom stereocenters. The van der Waals surface area contributed by atoms with Crippen LogP contribution in [-0.2, 0) is 9.53 Å². The van der Waals surface area contributed by atoms with Crippen LogP contribution in [0.25, 0.3) is 11.1 Å². The van der Waals surface area contributed by atoms with Gasteiger partial charge in [0.05, 0.1) is 5.92 Å². The Morgan fingerprint density at radius 2 is 1.61 bits per heavy atom. The van der Waals surface area contributed by atoms with Gasteiger partial charge in [0, 0.05) is 18.5 Å². The first kappa shape index (κ1) is 18.5. The van der Waals surface area contributed by atoms with Crippen molar-refractivity contribution in [2.75, 3.05) is 13.2 Å². The molecule has 28 heavy (non-hydrogen) atoms. The molecule has 0 bridgehead atoms.